The number of aromatic nitrogens is 1. The molecule has 0 saturated heterocycles. The van der Waals surface area contributed by atoms with E-state index in [1.165, 1.54) is 6.07 Å². The second-order valence-electron chi connectivity index (χ2n) is 2.32. The predicted molar refractivity (Wildman–Crippen MR) is 54.3 cm³/mol. The first kappa shape index (κ1) is 10.9. The number of halogens is 4. The van der Waals surface area contributed by atoms with E-state index >= 15 is 0 Å². The molecule has 0 atom stereocenters. The predicted octanol–water partition coefficient (Wildman–Crippen LogP) is 2.66. The molecule has 0 bridgehead atoms. The zero-order chi connectivity index (χ0) is 10.0. The van der Waals surface area contributed by atoms with Crippen molar-refractivity contribution < 1.29 is 8.78 Å². The van der Waals surface area contributed by atoms with E-state index < -0.39 is 17.5 Å². The summed E-state index contributed by atoms with van der Waals surface area (Å²) in [7, 11) is 0. The minimum absolute atomic E-state index is 0.106. The summed E-state index contributed by atoms with van der Waals surface area (Å²) in [5.41, 5.74) is -0.813. The van der Waals surface area contributed by atoms with E-state index in [0.717, 1.165) is 0 Å². The maximum absolute atomic E-state index is 12.3. The number of alkyl halides is 3. The number of H-pyrrole nitrogens is 1. The van der Waals surface area contributed by atoms with Gasteiger partial charge in [-0.15, -0.1) is 11.6 Å². The van der Waals surface area contributed by atoms with Crippen LogP contribution in [0.2, 0.25) is 0 Å². The highest BCUT2D eigenvalue weighted by Crippen LogP contribution is 2.21. The summed E-state index contributed by atoms with van der Waals surface area (Å²) in [6.07, 6.45) is -2.75. The van der Waals surface area contributed by atoms with Crippen LogP contribution in [0.15, 0.2) is 10.9 Å². The van der Waals surface area contributed by atoms with Crippen molar-refractivity contribution in [2.45, 2.75) is 12.3 Å². The highest BCUT2D eigenvalue weighted by molar-refractivity contribution is 14.1. The van der Waals surface area contributed by atoms with Crippen LogP contribution in [0.4, 0.5) is 8.78 Å². The third-order valence-electron chi connectivity index (χ3n) is 1.44. The molecule has 0 unspecified atom stereocenters. The van der Waals surface area contributed by atoms with E-state index in [2.05, 4.69) is 4.98 Å². The van der Waals surface area contributed by atoms with E-state index in [9.17, 15) is 13.6 Å². The second-order valence-corrected chi connectivity index (χ2v) is 3.75. The molecular weight excluding hydrogens is 314 g/mol. The first-order chi connectivity index (χ1) is 6.06. The van der Waals surface area contributed by atoms with Gasteiger partial charge in [0.25, 0.3) is 12.0 Å². The van der Waals surface area contributed by atoms with Crippen LogP contribution in [0.5, 0.6) is 0 Å². The second kappa shape index (κ2) is 4.36. The van der Waals surface area contributed by atoms with Crippen molar-refractivity contribution in [3.63, 3.8) is 0 Å². The van der Waals surface area contributed by atoms with Crippen LogP contribution in [0.25, 0.3) is 0 Å². The van der Waals surface area contributed by atoms with Crippen molar-refractivity contribution in [3.8, 4) is 0 Å². The van der Waals surface area contributed by atoms with Crippen molar-refractivity contribution in [1.29, 1.82) is 0 Å². The van der Waals surface area contributed by atoms with Gasteiger partial charge in [-0.25, -0.2) is 8.78 Å². The lowest BCUT2D eigenvalue weighted by Crippen LogP contribution is -2.16. The molecule has 0 aliphatic carbocycles. The molecule has 0 fully saturated rings. The Morgan fingerprint density at radius 1 is 1.62 bits per heavy atom. The monoisotopic (exact) mass is 319 g/mol. The molecule has 2 nitrogen and oxygen atoms in total. The largest absolute Gasteiger partial charge is 0.325 e. The van der Waals surface area contributed by atoms with Crippen molar-refractivity contribution >= 4 is 34.2 Å². The van der Waals surface area contributed by atoms with Crippen LogP contribution >= 0.6 is 34.2 Å². The molecule has 13 heavy (non-hydrogen) atoms. The molecule has 6 heteroatoms. The van der Waals surface area contributed by atoms with Gasteiger partial charge in [-0.2, -0.15) is 0 Å². The summed E-state index contributed by atoms with van der Waals surface area (Å²) in [5.74, 6) is 0.106. The Kier molecular flexibility index (Phi) is 3.66. The smallest absolute Gasteiger partial charge is 0.270 e. The third kappa shape index (κ3) is 2.40. The highest BCUT2D eigenvalue weighted by atomic mass is 127. The number of rotatable bonds is 2. The van der Waals surface area contributed by atoms with Gasteiger partial charge in [0.05, 0.1) is 11.4 Å². The van der Waals surface area contributed by atoms with Crippen molar-refractivity contribution in [1.82, 2.24) is 4.98 Å². The number of pyridine rings is 1. The fourth-order valence-electron chi connectivity index (χ4n) is 0.864. The molecule has 0 radical (unpaired) electrons. The maximum Gasteiger partial charge on any atom is 0.270 e. The molecule has 0 aliphatic heterocycles. The van der Waals surface area contributed by atoms with Crippen LogP contribution < -0.4 is 5.56 Å². The average Bonchev–Trinajstić information content (AvgIpc) is 2.02. The van der Waals surface area contributed by atoms with Gasteiger partial charge in [0.2, 0.25) is 0 Å². The standard InChI is InChI=1S/C7H5ClF2INO/c8-2-3-1-4(11)5(6(9)10)7(13)12-3/h1,6H,2H2,(H,12,13). The third-order valence-corrected chi connectivity index (χ3v) is 2.62. The minimum atomic E-state index is -2.75. The lowest BCUT2D eigenvalue weighted by molar-refractivity contribution is 0.148. The number of hydrogen-bond acceptors (Lipinski definition) is 1. The molecular formula is C7H5ClF2INO. The summed E-state index contributed by atoms with van der Waals surface area (Å²) >= 11 is 7.13. The fraction of sp³-hybridized carbons (Fsp3) is 0.286. The Morgan fingerprint density at radius 3 is 2.62 bits per heavy atom. The molecule has 0 amide bonds. The molecule has 0 aromatic carbocycles. The van der Waals surface area contributed by atoms with Crippen molar-refractivity contribution in [3.05, 3.63) is 31.2 Å². The summed E-state index contributed by atoms with van der Waals surface area (Å²) < 4.78 is 24.8. The minimum Gasteiger partial charge on any atom is -0.325 e. The molecule has 1 aromatic heterocycles. The maximum atomic E-state index is 12.3. The first-order valence-electron chi connectivity index (χ1n) is 3.32. The molecule has 1 heterocycles. The summed E-state index contributed by atoms with van der Waals surface area (Å²) in [5, 5.41) is 0. The van der Waals surface area contributed by atoms with E-state index in [1.807, 2.05) is 0 Å². The average molecular weight is 319 g/mol. The van der Waals surface area contributed by atoms with Gasteiger partial charge >= 0.3 is 0 Å². The first-order valence-corrected chi connectivity index (χ1v) is 4.93. The molecule has 1 aromatic rings. The van der Waals surface area contributed by atoms with Crippen LogP contribution in [0, 0.1) is 3.57 Å². The molecule has 1 N–H and O–H groups in total. The van der Waals surface area contributed by atoms with E-state index in [0.29, 0.717) is 5.69 Å². The van der Waals surface area contributed by atoms with Crippen molar-refractivity contribution in [2.75, 3.05) is 0 Å². The number of hydrogen-bond donors (Lipinski definition) is 1. The Labute approximate surface area is 91.4 Å². The van der Waals surface area contributed by atoms with Crippen LogP contribution in [0.1, 0.15) is 17.7 Å². The van der Waals surface area contributed by atoms with Gasteiger partial charge in [-0.1, -0.05) is 0 Å². The Balaban J connectivity index is 3.32. The zero-order valence-corrected chi connectivity index (χ0v) is 9.20. The number of nitrogens with one attached hydrogen (secondary N) is 1. The lowest BCUT2D eigenvalue weighted by atomic mass is 10.2. The van der Waals surface area contributed by atoms with Crippen molar-refractivity contribution in [2.24, 2.45) is 0 Å². The zero-order valence-electron chi connectivity index (χ0n) is 6.28. The molecule has 0 saturated carbocycles. The van der Waals surface area contributed by atoms with Gasteiger partial charge < -0.3 is 4.98 Å². The van der Waals surface area contributed by atoms with Gasteiger partial charge in [0, 0.05) is 9.26 Å². The van der Waals surface area contributed by atoms with Gasteiger partial charge in [0.15, 0.2) is 0 Å². The SMILES string of the molecule is O=c1[nH]c(CCl)cc(I)c1C(F)F. The quantitative estimate of drug-likeness (QED) is 0.660. The van der Waals surface area contributed by atoms with E-state index in [-0.39, 0.29) is 9.45 Å². The van der Waals surface area contributed by atoms with E-state index in [1.54, 1.807) is 22.6 Å². The Hall–Kier alpha value is -0.170. The van der Waals surface area contributed by atoms with Crippen LogP contribution in [-0.4, -0.2) is 4.98 Å². The lowest BCUT2D eigenvalue weighted by Gasteiger charge is -2.03. The Bertz CT molecular complexity index is 366. The van der Waals surface area contributed by atoms with Gasteiger partial charge in [0.1, 0.15) is 0 Å². The van der Waals surface area contributed by atoms with Gasteiger partial charge in [-0.3, -0.25) is 4.79 Å². The van der Waals surface area contributed by atoms with E-state index in [4.69, 9.17) is 11.6 Å². The summed E-state index contributed by atoms with van der Waals surface area (Å²) in [4.78, 5) is 13.3. The summed E-state index contributed by atoms with van der Waals surface area (Å²) in [6, 6.07) is 1.44. The van der Waals surface area contributed by atoms with Gasteiger partial charge in [-0.05, 0) is 28.7 Å². The molecule has 1 rings (SSSR count). The topological polar surface area (TPSA) is 32.9 Å². The van der Waals surface area contributed by atoms with Crippen LogP contribution in [0.3, 0.4) is 0 Å². The Morgan fingerprint density at radius 2 is 2.23 bits per heavy atom. The molecule has 0 spiro atoms. The fourth-order valence-corrected chi connectivity index (χ4v) is 1.86. The number of aromatic amines is 1. The normalized spacial score (nSPS) is 10.8. The highest BCUT2D eigenvalue weighted by Gasteiger charge is 2.16. The summed E-state index contributed by atoms with van der Waals surface area (Å²) in [6.45, 7) is 0. The molecule has 72 valence electrons. The molecule has 0 aliphatic rings. The van der Waals surface area contributed by atoms with Crippen LogP contribution in [-0.2, 0) is 5.88 Å².